The van der Waals surface area contributed by atoms with E-state index in [1.807, 2.05) is 0 Å². The van der Waals surface area contributed by atoms with Crippen LogP contribution in [0.3, 0.4) is 0 Å². The zero-order valence-corrected chi connectivity index (χ0v) is 11.8. The number of carbonyl (C=O) groups is 2. The van der Waals surface area contributed by atoms with Crippen molar-refractivity contribution in [3.8, 4) is 0 Å². The number of aromatic nitrogens is 2. The Kier molecular flexibility index (Phi) is 3.75. The summed E-state index contributed by atoms with van der Waals surface area (Å²) in [6, 6.07) is 3.59. The number of aryl methyl sites for hydroxylation is 2. The number of aromatic carboxylic acids is 1. The second-order valence-electron chi connectivity index (χ2n) is 4.59. The van der Waals surface area contributed by atoms with Crippen LogP contribution in [0.1, 0.15) is 32.1 Å². The molecule has 0 bridgehead atoms. The molecule has 21 heavy (non-hydrogen) atoms. The van der Waals surface area contributed by atoms with Crippen LogP contribution in [0.25, 0.3) is 0 Å². The van der Waals surface area contributed by atoms with E-state index in [0.717, 1.165) is 6.07 Å². The third-order valence-corrected chi connectivity index (χ3v) is 3.22. The molecule has 7 heteroatoms. The number of para-hydroxylation sites is 1. The second-order valence-corrected chi connectivity index (χ2v) is 4.59. The molecule has 0 aliphatic rings. The number of carboxylic acid groups (broad SMARTS) is 1. The van der Waals surface area contributed by atoms with Gasteiger partial charge in [-0.3, -0.25) is 9.48 Å². The first-order valence-corrected chi connectivity index (χ1v) is 6.16. The zero-order chi connectivity index (χ0) is 15.7. The van der Waals surface area contributed by atoms with Gasteiger partial charge in [0.1, 0.15) is 5.82 Å². The Morgan fingerprint density at radius 2 is 2.00 bits per heavy atom. The van der Waals surface area contributed by atoms with Gasteiger partial charge in [0.05, 0.1) is 22.5 Å². The van der Waals surface area contributed by atoms with Crippen molar-refractivity contribution in [2.75, 3.05) is 5.32 Å². The van der Waals surface area contributed by atoms with E-state index in [1.54, 1.807) is 20.9 Å². The Labute approximate surface area is 120 Å². The summed E-state index contributed by atoms with van der Waals surface area (Å²) in [6.07, 6.45) is 0. The van der Waals surface area contributed by atoms with Gasteiger partial charge in [-0.2, -0.15) is 5.10 Å². The summed E-state index contributed by atoms with van der Waals surface area (Å²) >= 11 is 0. The number of amides is 1. The number of nitrogens with zero attached hydrogens (tertiary/aromatic N) is 2. The van der Waals surface area contributed by atoms with E-state index in [-0.39, 0.29) is 11.3 Å². The van der Waals surface area contributed by atoms with E-state index in [1.165, 1.54) is 16.8 Å². The molecular formula is C14H14FN3O3. The third kappa shape index (κ3) is 2.62. The molecule has 1 aromatic carbocycles. The topological polar surface area (TPSA) is 84.2 Å². The van der Waals surface area contributed by atoms with Crippen molar-refractivity contribution >= 4 is 17.6 Å². The number of nitrogens with one attached hydrogen (secondary N) is 1. The first-order valence-electron chi connectivity index (χ1n) is 6.16. The number of anilines is 1. The first-order chi connectivity index (χ1) is 9.82. The minimum atomic E-state index is -1.32. The Bertz CT molecular complexity index is 737. The van der Waals surface area contributed by atoms with Crippen LogP contribution in [0.5, 0.6) is 0 Å². The molecule has 0 fully saturated rings. The average molecular weight is 291 g/mol. The van der Waals surface area contributed by atoms with Crippen molar-refractivity contribution in [1.82, 2.24) is 9.78 Å². The molecule has 1 heterocycles. The summed E-state index contributed by atoms with van der Waals surface area (Å²) in [4.78, 5) is 23.4. The van der Waals surface area contributed by atoms with Gasteiger partial charge in [-0.25, -0.2) is 9.18 Å². The predicted octanol–water partition coefficient (Wildman–Crippen LogP) is 2.13. The largest absolute Gasteiger partial charge is 0.478 e. The molecular weight excluding hydrogens is 277 g/mol. The Morgan fingerprint density at radius 3 is 2.52 bits per heavy atom. The number of benzene rings is 1. The molecule has 110 valence electrons. The summed E-state index contributed by atoms with van der Waals surface area (Å²) < 4.78 is 15.3. The maximum Gasteiger partial charge on any atom is 0.337 e. The van der Waals surface area contributed by atoms with Gasteiger partial charge in [-0.15, -0.1) is 0 Å². The summed E-state index contributed by atoms with van der Waals surface area (Å²) in [7, 11) is 1.69. The van der Waals surface area contributed by atoms with Crippen LogP contribution < -0.4 is 5.32 Å². The highest BCUT2D eigenvalue weighted by atomic mass is 19.1. The molecule has 2 rings (SSSR count). The number of rotatable bonds is 3. The minimum absolute atomic E-state index is 0.303. The second kappa shape index (κ2) is 5.35. The Morgan fingerprint density at radius 1 is 1.33 bits per heavy atom. The molecule has 2 aromatic rings. The van der Waals surface area contributed by atoms with Crippen LogP contribution in [0, 0.1) is 19.7 Å². The van der Waals surface area contributed by atoms with Crippen molar-refractivity contribution in [2.45, 2.75) is 13.8 Å². The summed E-state index contributed by atoms with van der Waals surface area (Å²) in [6.45, 7) is 3.36. The van der Waals surface area contributed by atoms with E-state index in [2.05, 4.69) is 10.4 Å². The molecule has 0 aliphatic heterocycles. The predicted molar refractivity (Wildman–Crippen MR) is 74.0 cm³/mol. The quantitative estimate of drug-likeness (QED) is 0.907. The van der Waals surface area contributed by atoms with Gasteiger partial charge < -0.3 is 10.4 Å². The third-order valence-electron chi connectivity index (χ3n) is 3.22. The molecule has 0 saturated carbocycles. The van der Waals surface area contributed by atoms with Crippen molar-refractivity contribution in [3.05, 3.63) is 46.5 Å². The number of hydrogen-bond donors (Lipinski definition) is 2. The number of hydrogen-bond acceptors (Lipinski definition) is 3. The van der Waals surface area contributed by atoms with Gasteiger partial charge >= 0.3 is 5.97 Å². The van der Waals surface area contributed by atoms with Gasteiger partial charge in [0, 0.05) is 12.7 Å². The fourth-order valence-electron chi connectivity index (χ4n) is 2.11. The summed E-state index contributed by atoms with van der Waals surface area (Å²) in [5.74, 6) is -2.71. The molecule has 1 amide bonds. The average Bonchev–Trinajstić information content (AvgIpc) is 2.65. The molecule has 0 radical (unpaired) electrons. The molecule has 2 N–H and O–H groups in total. The van der Waals surface area contributed by atoms with Crippen molar-refractivity contribution in [3.63, 3.8) is 0 Å². The lowest BCUT2D eigenvalue weighted by molar-refractivity contribution is 0.0697. The van der Waals surface area contributed by atoms with Crippen LogP contribution in [0.4, 0.5) is 10.1 Å². The van der Waals surface area contributed by atoms with Crippen molar-refractivity contribution < 1.29 is 19.1 Å². The molecule has 0 unspecified atom stereocenters. The van der Waals surface area contributed by atoms with Crippen molar-refractivity contribution in [1.29, 1.82) is 0 Å². The molecule has 0 spiro atoms. The number of carboxylic acids is 1. The van der Waals surface area contributed by atoms with Gasteiger partial charge in [-0.1, -0.05) is 6.07 Å². The normalized spacial score (nSPS) is 10.5. The van der Waals surface area contributed by atoms with E-state index < -0.39 is 17.7 Å². The minimum Gasteiger partial charge on any atom is -0.478 e. The number of carbonyl (C=O) groups excluding carboxylic acids is 1. The first kappa shape index (κ1) is 14.7. The highest BCUT2D eigenvalue weighted by Crippen LogP contribution is 2.22. The van der Waals surface area contributed by atoms with Gasteiger partial charge in [-0.05, 0) is 26.0 Å². The standard InChI is InChI=1S/C14H14FN3O3/c1-7-11(8(2)18(3)17-7)13(19)16-12-9(14(20)21)5-4-6-10(12)15/h4-6H,1-3H3,(H,16,19)(H,20,21). The zero-order valence-electron chi connectivity index (χ0n) is 11.8. The molecule has 0 saturated heterocycles. The highest BCUT2D eigenvalue weighted by molar-refractivity contribution is 6.09. The smallest absolute Gasteiger partial charge is 0.337 e. The summed E-state index contributed by atoms with van der Waals surface area (Å²) in [5, 5.41) is 15.5. The molecule has 0 atom stereocenters. The van der Waals surface area contributed by atoms with Gasteiger partial charge in [0.25, 0.3) is 5.91 Å². The molecule has 0 aliphatic carbocycles. The fraction of sp³-hybridized carbons (Fsp3) is 0.214. The van der Waals surface area contributed by atoms with E-state index in [4.69, 9.17) is 5.11 Å². The highest BCUT2D eigenvalue weighted by Gasteiger charge is 2.21. The van der Waals surface area contributed by atoms with Crippen LogP contribution >= 0.6 is 0 Å². The molecule has 1 aromatic heterocycles. The van der Waals surface area contributed by atoms with Gasteiger partial charge in [0.2, 0.25) is 0 Å². The monoisotopic (exact) mass is 291 g/mol. The maximum absolute atomic E-state index is 13.8. The maximum atomic E-state index is 13.8. The lowest BCUT2D eigenvalue weighted by atomic mass is 10.1. The van der Waals surface area contributed by atoms with Gasteiger partial charge in [0.15, 0.2) is 0 Å². The van der Waals surface area contributed by atoms with E-state index >= 15 is 0 Å². The summed E-state index contributed by atoms with van der Waals surface area (Å²) in [5.41, 5.74) is 0.746. The van der Waals surface area contributed by atoms with E-state index in [9.17, 15) is 14.0 Å². The van der Waals surface area contributed by atoms with Crippen LogP contribution in [0.15, 0.2) is 18.2 Å². The SMILES string of the molecule is Cc1nn(C)c(C)c1C(=O)Nc1c(F)cccc1C(=O)O. The molecule has 6 nitrogen and oxygen atoms in total. The fourth-order valence-corrected chi connectivity index (χ4v) is 2.11. The van der Waals surface area contributed by atoms with Crippen LogP contribution in [-0.2, 0) is 7.05 Å². The van der Waals surface area contributed by atoms with Crippen molar-refractivity contribution in [2.24, 2.45) is 7.05 Å². The Balaban J connectivity index is 2.43. The van der Waals surface area contributed by atoms with Crippen LogP contribution in [0.2, 0.25) is 0 Å². The van der Waals surface area contributed by atoms with E-state index in [0.29, 0.717) is 17.0 Å². The lowest BCUT2D eigenvalue weighted by Gasteiger charge is -2.09. The van der Waals surface area contributed by atoms with Crippen LogP contribution in [-0.4, -0.2) is 26.8 Å². The Hall–Kier alpha value is -2.70. The number of halogens is 1. The lowest BCUT2D eigenvalue weighted by Crippen LogP contribution is -2.17.